The maximum atomic E-state index is 13.2. The lowest BCUT2D eigenvalue weighted by Gasteiger charge is -2.43. The molecule has 3 N–H and O–H groups in total. The molecule has 0 aromatic heterocycles. The lowest BCUT2D eigenvalue weighted by molar-refractivity contribution is -0.159. The minimum atomic E-state index is -1.06. The monoisotopic (exact) mass is 430 g/mol. The molecule has 9 heteroatoms. The number of nitrogens with zero attached hydrogens (tertiary/aromatic N) is 1. The van der Waals surface area contributed by atoms with Gasteiger partial charge in [0.05, 0.1) is 12.2 Å². The van der Waals surface area contributed by atoms with Gasteiger partial charge >= 0.3 is 5.97 Å². The Morgan fingerprint density at radius 2 is 2.00 bits per heavy atom. The third-order valence-corrected chi connectivity index (χ3v) is 7.05. The number of phenolic OH excluding ortho intramolecular Hbond substituents is 1. The normalized spacial score (nSPS) is 24.3. The Morgan fingerprint density at radius 3 is 2.67 bits per heavy atom. The molecule has 0 spiro atoms. The predicted molar refractivity (Wildman–Crippen MR) is 112 cm³/mol. The van der Waals surface area contributed by atoms with Crippen molar-refractivity contribution in [1.82, 2.24) is 10.2 Å². The highest BCUT2D eigenvalue weighted by molar-refractivity contribution is 8.01. The summed E-state index contributed by atoms with van der Waals surface area (Å²) in [6.07, 6.45) is 0. The summed E-state index contributed by atoms with van der Waals surface area (Å²) < 4.78 is 4.92. The number of aromatic hydroxyl groups is 1. The second kappa shape index (κ2) is 7.09. The van der Waals surface area contributed by atoms with Crippen molar-refractivity contribution in [3.8, 4) is 11.5 Å². The predicted octanol–water partition coefficient (Wildman–Crippen LogP) is 2.19. The first-order valence-corrected chi connectivity index (χ1v) is 10.5. The van der Waals surface area contributed by atoms with E-state index in [0.29, 0.717) is 23.1 Å². The van der Waals surface area contributed by atoms with E-state index >= 15 is 0 Å². The largest absolute Gasteiger partial charge is 0.507 e. The Hall–Kier alpha value is -2.94. The van der Waals surface area contributed by atoms with Gasteiger partial charge in [0.2, 0.25) is 5.91 Å². The molecule has 0 saturated carbocycles. The fourth-order valence-electron chi connectivity index (χ4n) is 4.20. The number of phenols is 1. The molecule has 30 heavy (non-hydrogen) atoms. The number of β-lactam (4-membered cyclic amide) rings is 1. The van der Waals surface area contributed by atoms with Crippen molar-refractivity contribution in [2.24, 2.45) is 0 Å². The number of fused-ring (bicyclic) bond motifs is 2. The maximum absolute atomic E-state index is 13.2. The average Bonchev–Trinajstić information content (AvgIpc) is 2.94. The molecule has 8 nitrogen and oxygen atoms in total. The minimum Gasteiger partial charge on any atom is -0.507 e. The molecule has 2 amide bonds. The van der Waals surface area contributed by atoms with Crippen LogP contribution >= 0.6 is 11.8 Å². The number of carbonyl (C=O) groups excluding carboxylic acids is 2. The fraction of sp³-hybridized carbons (Fsp3) is 0.381. The quantitative estimate of drug-likeness (QED) is 0.623. The second-order valence-corrected chi connectivity index (χ2v) is 9.57. The first kappa shape index (κ1) is 20.3. The molecule has 4 rings (SSSR count). The topological polar surface area (TPSA) is 116 Å². The summed E-state index contributed by atoms with van der Waals surface area (Å²) in [5.74, 6) is -1.81. The van der Waals surface area contributed by atoms with Gasteiger partial charge < -0.3 is 25.2 Å². The molecule has 2 saturated heterocycles. The smallest absolute Gasteiger partial charge is 0.327 e. The van der Waals surface area contributed by atoms with Gasteiger partial charge in [-0.3, -0.25) is 9.59 Å². The number of aliphatic carboxylic acids is 1. The van der Waals surface area contributed by atoms with Crippen molar-refractivity contribution < 1.29 is 29.3 Å². The highest BCUT2D eigenvalue weighted by Gasteiger charge is 2.64. The highest BCUT2D eigenvalue weighted by atomic mass is 32.2. The van der Waals surface area contributed by atoms with Crippen LogP contribution in [-0.4, -0.2) is 61.7 Å². The summed E-state index contributed by atoms with van der Waals surface area (Å²) >= 11 is 1.35. The third kappa shape index (κ3) is 2.96. The third-order valence-electron chi connectivity index (χ3n) is 5.47. The number of rotatable bonds is 5. The van der Waals surface area contributed by atoms with Gasteiger partial charge in [-0.1, -0.05) is 18.2 Å². The second-order valence-electron chi connectivity index (χ2n) is 7.80. The van der Waals surface area contributed by atoms with E-state index in [1.165, 1.54) is 22.7 Å². The van der Waals surface area contributed by atoms with E-state index in [1.54, 1.807) is 45.0 Å². The summed E-state index contributed by atoms with van der Waals surface area (Å²) in [4.78, 5) is 38.9. The Morgan fingerprint density at radius 1 is 1.27 bits per heavy atom. The summed E-state index contributed by atoms with van der Waals surface area (Å²) in [6, 6.07) is 6.54. The van der Waals surface area contributed by atoms with E-state index in [-0.39, 0.29) is 11.3 Å². The van der Waals surface area contributed by atoms with Crippen LogP contribution in [0.4, 0.5) is 0 Å². The van der Waals surface area contributed by atoms with Crippen LogP contribution in [0.3, 0.4) is 0 Å². The van der Waals surface area contributed by atoms with Crippen molar-refractivity contribution in [1.29, 1.82) is 0 Å². The molecule has 0 aliphatic carbocycles. The van der Waals surface area contributed by atoms with Gasteiger partial charge in [0.1, 0.15) is 29.0 Å². The Kier molecular flexibility index (Phi) is 4.80. The molecule has 0 bridgehead atoms. The van der Waals surface area contributed by atoms with Gasteiger partial charge in [0.15, 0.2) is 0 Å². The van der Waals surface area contributed by atoms with Crippen LogP contribution in [-0.2, 0) is 9.59 Å². The van der Waals surface area contributed by atoms with Gasteiger partial charge in [-0.15, -0.1) is 11.8 Å². The van der Waals surface area contributed by atoms with E-state index in [2.05, 4.69) is 5.32 Å². The standard InChI is InChI=1S/C21H22N2O6S/c1-4-29-12-9-8-10-6-5-7-11(24)13(10)14(12)17(25)22-15-18(26)23-16(20(27)28)21(2,3)30-19(15)23/h5-9,15-16,19,24H,4H2,1-3H3,(H,22,25)(H,27,28)/t15-,16+,19-/m1/s1. The van der Waals surface area contributed by atoms with Crippen molar-refractivity contribution in [3.05, 3.63) is 35.9 Å². The van der Waals surface area contributed by atoms with Crippen molar-refractivity contribution >= 4 is 40.3 Å². The SMILES string of the molecule is CCOc1ccc2cccc(O)c2c1C(=O)N[C@@H]1C(=O)N2[C@@H]1SC(C)(C)[C@@H]2C(=O)O. The zero-order chi connectivity index (χ0) is 21.8. The minimum absolute atomic E-state index is 0.0666. The molecule has 158 valence electrons. The average molecular weight is 430 g/mol. The molecule has 2 aromatic rings. The number of carboxylic acids is 1. The molecule has 3 atom stereocenters. The number of hydrogen-bond donors (Lipinski definition) is 3. The van der Waals surface area contributed by atoms with E-state index < -0.39 is 40.0 Å². The number of thioether (sulfide) groups is 1. The lowest BCUT2D eigenvalue weighted by atomic mass is 9.95. The summed E-state index contributed by atoms with van der Waals surface area (Å²) in [5, 5.41) is 23.2. The number of ether oxygens (including phenoxy) is 1. The van der Waals surface area contributed by atoms with E-state index in [0.717, 1.165) is 0 Å². The summed E-state index contributed by atoms with van der Waals surface area (Å²) in [6.45, 7) is 5.66. The molecule has 2 aliphatic heterocycles. The maximum Gasteiger partial charge on any atom is 0.327 e. The van der Waals surface area contributed by atoms with Gasteiger partial charge in [-0.05, 0) is 38.3 Å². The number of nitrogens with one attached hydrogen (secondary N) is 1. The van der Waals surface area contributed by atoms with E-state index in [4.69, 9.17) is 4.74 Å². The van der Waals surface area contributed by atoms with Crippen molar-refractivity contribution in [3.63, 3.8) is 0 Å². The molecule has 2 aliphatic rings. The Balaban J connectivity index is 1.68. The first-order valence-electron chi connectivity index (χ1n) is 9.58. The van der Waals surface area contributed by atoms with Gasteiger partial charge in [-0.2, -0.15) is 0 Å². The molecule has 0 unspecified atom stereocenters. The van der Waals surface area contributed by atoms with Gasteiger partial charge in [0.25, 0.3) is 5.91 Å². The molecule has 2 fully saturated rings. The molecular formula is C21H22N2O6S. The van der Waals surface area contributed by atoms with Crippen LogP contribution in [0.15, 0.2) is 30.3 Å². The molecular weight excluding hydrogens is 408 g/mol. The van der Waals surface area contributed by atoms with Gasteiger partial charge in [-0.25, -0.2) is 4.79 Å². The fourth-order valence-corrected chi connectivity index (χ4v) is 5.83. The Bertz CT molecular complexity index is 1070. The zero-order valence-electron chi connectivity index (χ0n) is 16.7. The van der Waals surface area contributed by atoms with Crippen LogP contribution in [0.2, 0.25) is 0 Å². The van der Waals surface area contributed by atoms with Crippen LogP contribution in [0, 0.1) is 0 Å². The first-order chi connectivity index (χ1) is 14.2. The van der Waals surface area contributed by atoms with E-state index in [1.807, 2.05) is 0 Å². The lowest BCUT2D eigenvalue weighted by Crippen LogP contribution is -2.70. The Labute approximate surface area is 177 Å². The number of hydrogen-bond acceptors (Lipinski definition) is 6. The summed E-state index contributed by atoms with van der Waals surface area (Å²) in [5.41, 5.74) is 0.149. The van der Waals surface area contributed by atoms with Crippen LogP contribution < -0.4 is 10.1 Å². The van der Waals surface area contributed by atoms with Crippen LogP contribution in [0.1, 0.15) is 31.1 Å². The summed E-state index contributed by atoms with van der Waals surface area (Å²) in [7, 11) is 0. The number of benzene rings is 2. The molecule has 2 heterocycles. The van der Waals surface area contributed by atoms with Crippen LogP contribution in [0.5, 0.6) is 11.5 Å². The zero-order valence-corrected chi connectivity index (χ0v) is 17.5. The number of amides is 2. The van der Waals surface area contributed by atoms with Gasteiger partial charge in [0, 0.05) is 10.1 Å². The van der Waals surface area contributed by atoms with Crippen LogP contribution in [0.25, 0.3) is 10.8 Å². The molecule has 2 aromatic carbocycles. The highest BCUT2D eigenvalue weighted by Crippen LogP contribution is 2.51. The van der Waals surface area contributed by atoms with Crippen molar-refractivity contribution in [2.45, 2.75) is 43.0 Å². The number of carboxylic acid groups (broad SMARTS) is 1. The van der Waals surface area contributed by atoms with Crippen molar-refractivity contribution in [2.75, 3.05) is 6.61 Å². The molecule has 0 radical (unpaired) electrons. The van der Waals surface area contributed by atoms with E-state index in [9.17, 15) is 24.6 Å². The number of carbonyl (C=O) groups is 3.